The summed E-state index contributed by atoms with van der Waals surface area (Å²) >= 11 is 0. The quantitative estimate of drug-likeness (QED) is 0.687. The SMILES string of the molecule is CC(C)C(=O)[C@H](C)CC[C@H](C)N. The summed E-state index contributed by atoms with van der Waals surface area (Å²) < 4.78 is 0. The summed E-state index contributed by atoms with van der Waals surface area (Å²) in [6.07, 6.45) is 1.87. The van der Waals surface area contributed by atoms with Crippen LogP contribution in [-0.2, 0) is 4.79 Å². The third-order valence-corrected chi connectivity index (χ3v) is 2.11. The fraction of sp³-hybridized carbons (Fsp3) is 0.900. The lowest BCUT2D eigenvalue weighted by molar-refractivity contribution is -0.125. The van der Waals surface area contributed by atoms with Gasteiger partial charge in [0.2, 0.25) is 0 Å². The monoisotopic (exact) mass is 171 g/mol. The van der Waals surface area contributed by atoms with Crippen LogP contribution in [0.1, 0.15) is 40.5 Å². The summed E-state index contributed by atoms with van der Waals surface area (Å²) in [5.74, 6) is 0.694. The van der Waals surface area contributed by atoms with E-state index in [1.54, 1.807) is 0 Å². The van der Waals surface area contributed by atoms with Gasteiger partial charge in [0.15, 0.2) is 0 Å². The van der Waals surface area contributed by atoms with E-state index in [2.05, 4.69) is 0 Å². The Bertz CT molecular complexity index is 141. The fourth-order valence-electron chi connectivity index (χ4n) is 1.22. The Kier molecular flexibility index (Phi) is 5.14. The third kappa shape index (κ3) is 4.50. The van der Waals surface area contributed by atoms with Crippen LogP contribution in [0, 0.1) is 11.8 Å². The molecular weight excluding hydrogens is 150 g/mol. The normalized spacial score (nSPS) is 16.2. The van der Waals surface area contributed by atoms with Crippen molar-refractivity contribution < 1.29 is 4.79 Å². The minimum atomic E-state index is 0.160. The molecule has 2 N–H and O–H groups in total. The van der Waals surface area contributed by atoms with Crippen LogP contribution in [0.15, 0.2) is 0 Å². The highest BCUT2D eigenvalue weighted by molar-refractivity contribution is 5.82. The molecule has 0 spiro atoms. The molecule has 0 aliphatic heterocycles. The van der Waals surface area contributed by atoms with Gasteiger partial charge in [-0.3, -0.25) is 4.79 Å². The van der Waals surface area contributed by atoms with Gasteiger partial charge in [0.1, 0.15) is 5.78 Å². The van der Waals surface area contributed by atoms with Crippen LogP contribution in [0.4, 0.5) is 0 Å². The molecule has 0 aromatic carbocycles. The Hall–Kier alpha value is -0.370. The van der Waals surface area contributed by atoms with Crippen molar-refractivity contribution in [3.05, 3.63) is 0 Å². The smallest absolute Gasteiger partial charge is 0.138 e. The highest BCUT2D eigenvalue weighted by Gasteiger charge is 2.16. The molecular formula is C10H21NO. The van der Waals surface area contributed by atoms with E-state index in [1.807, 2.05) is 27.7 Å². The number of nitrogens with two attached hydrogens (primary N) is 1. The average Bonchev–Trinajstić information content (AvgIpc) is 1.98. The highest BCUT2D eigenvalue weighted by atomic mass is 16.1. The van der Waals surface area contributed by atoms with Crippen LogP contribution < -0.4 is 5.73 Å². The predicted octanol–water partition coefficient (Wildman–Crippen LogP) is 1.98. The van der Waals surface area contributed by atoms with E-state index in [4.69, 9.17) is 5.73 Å². The predicted molar refractivity (Wildman–Crippen MR) is 51.9 cm³/mol. The zero-order valence-corrected chi connectivity index (χ0v) is 8.63. The molecule has 0 aromatic heterocycles. The molecule has 0 aliphatic rings. The molecule has 0 saturated carbocycles. The molecule has 2 nitrogen and oxygen atoms in total. The maximum absolute atomic E-state index is 11.4. The molecule has 0 aromatic rings. The number of Topliss-reactive ketones (excluding diaryl/α,β-unsaturated/α-hetero) is 1. The maximum atomic E-state index is 11.4. The van der Waals surface area contributed by atoms with E-state index >= 15 is 0 Å². The van der Waals surface area contributed by atoms with Crippen molar-refractivity contribution >= 4 is 5.78 Å². The Morgan fingerprint density at radius 2 is 1.67 bits per heavy atom. The second-order valence-electron chi connectivity index (χ2n) is 4.01. The largest absolute Gasteiger partial charge is 0.328 e. The zero-order chi connectivity index (χ0) is 9.72. The van der Waals surface area contributed by atoms with Gasteiger partial charge in [-0.05, 0) is 19.8 Å². The van der Waals surface area contributed by atoms with Gasteiger partial charge in [-0.15, -0.1) is 0 Å². The number of hydrogen-bond donors (Lipinski definition) is 1. The molecule has 0 bridgehead atoms. The fourth-order valence-corrected chi connectivity index (χ4v) is 1.22. The van der Waals surface area contributed by atoms with E-state index in [1.165, 1.54) is 0 Å². The van der Waals surface area contributed by atoms with Crippen LogP contribution >= 0.6 is 0 Å². The number of hydrogen-bond acceptors (Lipinski definition) is 2. The van der Waals surface area contributed by atoms with Crippen molar-refractivity contribution in [3.63, 3.8) is 0 Å². The summed E-state index contributed by atoms with van der Waals surface area (Å²) in [5.41, 5.74) is 5.61. The van der Waals surface area contributed by atoms with Crippen molar-refractivity contribution in [3.8, 4) is 0 Å². The lowest BCUT2D eigenvalue weighted by Gasteiger charge is -2.13. The molecule has 0 radical (unpaired) electrons. The van der Waals surface area contributed by atoms with Crippen molar-refractivity contribution in [1.29, 1.82) is 0 Å². The van der Waals surface area contributed by atoms with Gasteiger partial charge in [0.25, 0.3) is 0 Å². The Morgan fingerprint density at radius 1 is 1.17 bits per heavy atom. The van der Waals surface area contributed by atoms with E-state index in [9.17, 15) is 4.79 Å². The molecule has 0 aliphatic carbocycles. The molecule has 2 heteroatoms. The van der Waals surface area contributed by atoms with Crippen LogP contribution in [0.2, 0.25) is 0 Å². The minimum absolute atomic E-state index is 0.160. The molecule has 0 fully saturated rings. The maximum Gasteiger partial charge on any atom is 0.138 e. The van der Waals surface area contributed by atoms with Gasteiger partial charge in [0, 0.05) is 17.9 Å². The van der Waals surface area contributed by atoms with Crippen molar-refractivity contribution in [2.24, 2.45) is 17.6 Å². The molecule has 72 valence electrons. The van der Waals surface area contributed by atoms with Crippen LogP contribution in [-0.4, -0.2) is 11.8 Å². The van der Waals surface area contributed by atoms with E-state index in [0.29, 0.717) is 5.78 Å². The van der Waals surface area contributed by atoms with E-state index < -0.39 is 0 Å². The van der Waals surface area contributed by atoms with Gasteiger partial charge in [0.05, 0.1) is 0 Å². The Labute approximate surface area is 75.5 Å². The summed E-state index contributed by atoms with van der Waals surface area (Å²) in [5, 5.41) is 0. The van der Waals surface area contributed by atoms with Crippen molar-refractivity contribution in [2.75, 3.05) is 0 Å². The lowest BCUT2D eigenvalue weighted by Crippen LogP contribution is -2.21. The minimum Gasteiger partial charge on any atom is -0.328 e. The van der Waals surface area contributed by atoms with Crippen LogP contribution in [0.3, 0.4) is 0 Å². The van der Waals surface area contributed by atoms with Crippen LogP contribution in [0.5, 0.6) is 0 Å². The first-order valence-electron chi connectivity index (χ1n) is 4.74. The molecule has 0 heterocycles. The first-order chi connectivity index (χ1) is 5.45. The average molecular weight is 171 g/mol. The van der Waals surface area contributed by atoms with E-state index in [0.717, 1.165) is 12.8 Å². The van der Waals surface area contributed by atoms with Gasteiger partial charge >= 0.3 is 0 Å². The zero-order valence-electron chi connectivity index (χ0n) is 8.63. The van der Waals surface area contributed by atoms with E-state index in [-0.39, 0.29) is 17.9 Å². The summed E-state index contributed by atoms with van der Waals surface area (Å²) in [6, 6.07) is 0.215. The molecule has 0 amide bonds. The van der Waals surface area contributed by atoms with Gasteiger partial charge in [-0.1, -0.05) is 20.8 Å². The Balaban J connectivity index is 3.72. The molecule has 0 saturated heterocycles. The summed E-state index contributed by atoms with van der Waals surface area (Å²) in [4.78, 5) is 11.4. The standard InChI is InChI=1S/C10H21NO/c1-7(2)10(12)8(3)5-6-9(4)11/h7-9H,5-6,11H2,1-4H3/t8-,9+/m1/s1. The van der Waals surface area contributed by atoms with Crippen molar-refractivity contribution in [2.45, 2.75) is 46.6 Å². The molecule has 2 atom stereocenters. The van der Waals surface area contributed by atoms with Gasteiger partial charge in [-0.2, -0.15) is 0 Å². The molecule has 0 rings (SSSR count). The number of carbonyl (C=O) groups excluding carboxylic acids is 1. The highest BCUT2D eigenvalue weighted by Crippen LogP contribution is 2.13. The molecule has 0 unspecified atom stereocenters. The van der Waals surface area contributed by atoms with Gasteiger partial charge in [-0.25, -0.2) is 0 Å². The molecule has 12 heavy (non-hydrogen) atoms. The first kappa shape index (κ1) is 11.6. The second kappa shape index (κ2) is 5.31. The van der Waals surface area contributed by atoms with Gasteiger partial charge < -0.3 is 5.73 Å². The van der Waals surface area contributed by atoms with Crippen LogP contribution in [0.25, 0.3) is 0 Å². The first-order valence-corrected chi connectivity index (χ1v) is 4.74. The summed E-state index contributed by atoms with van der Waals surface area (Å²) in [7, 11) is 0. The topological polar surface area (TPSA) is 43.1 Å². The summed E-state index contributed by atoms with van der Waals surface area (Å²) in [6.45, 7) is 7.87. The van der Waals surface area contributed by atoms with Crippen molar-refractivity contribution in [1.82, 2.24) is 0 Å². The number of ketones is 1. The number of carbonyl (C=O) groups is 1. The Morgan fingerprint density at radius 3 is 2.00 bits per heavy atom. The lowest BCUT2D eigenvalue weighted by atomic mass is 9.92. The number of rotatable bonds is 5. The third-order valence-electron chi connectivity index (χ3n) is 2.11. The second-order valence-corrected chi connectivity index (χ2v) is 4.01.